The Morgan fingerprint density at radius 1 is 1.15 bits per heavy atom. The smallest absolute Gasteiger partial charge is 0.115 e. The number of rotatable bonds is 5. The van der Waals surface area contributed by atoms with Gasteiger partial charge in [-0.1, -0.05) is 49.7 Å². The highest BCUT2D eigenvalue weighted by molar-refractivity contribution is 5.43. The summed E-state index contributed by atoms with van der Waals surface area (Å²) < 4.78 is 0. The Kier molecular flexibility index (Phi) is 5.04. The quantitative estimate of drug-likeness (QED) is 0.826. The lowest BCUT2D eigenvalue weighted by atomic mass is 9.58. The molecule has 0 spiro atoms. The zero-order valence-electron chi connectivity index (χ0n) is 16.0. The molecule has 1 aliphatic carbocycles. The molecule has 0 unspecified atom stereocenters. The molecule has 138 valence electrons. The third-order valence-electron chi connectivity index (χ3n) is 6.78. The molecule has 2 aliphatic rings. The Hall–Kier alpha value is -1.80. The number of benzene rings is 2. The lowest BCUT2D eigenvalue weighted by molar-refractivity contribution is 0.0701. The minimum atomic E-state index is 0.282. The fraction of sp³-hybridized carbons (Fsp3) is 0.500. The Labute approximate surface area is 157 Å². The molecule has 0 saturated carbocycles. The van der Waals surface area contributed by atoms with Gasteiger partial charge in [-0.15, -0.1) is 0 Å². The molecule has 0 aromatic heterocycles. The molecule has 1 saturated heterocycles. The summed E-state index contributed by atoms with van der Waals surface area (Å²) >= 11 is 0. The first-order chi connectivity index (χ1) is 12.7. The summed E-state index contributed by atoms with van der Waals surface area (Å²) in [6.45, 7) is 5.86. The van der Waals surface area contributed by atoms with Crippen LogP contribution >= 0.6 is 0 Å². The molecule has 1 heterocycles. The number of nitrogens with zero attached hydrogens (tertiary/aromatic N) is 1. The average molecular weight is 350 g/mol. The lowest BCUT2D eigenvalue weighted by Crippen LogP contribution is -2.52. The molecular weight excluding hydrogens is 318 g/mol. The Bertz CT molecular complexity index is 741. The molecule has 2 heteroatoms. The van der Waals surface area contributed by atoms with Crippen LogP contribution in [0.15, 0.2) is 48.5 Å². The van der Waals surface area contributed by atoms with Crippen LogP contribution in [0.3, 0.4) is 0 Å². The number of phenolic OH excluding ortho intramolecular Hbond substituents is 1. The third-order valence-corrected chi connectivity index (χ3v) is 6.78. The van der Waals surface area contributed by atoms with Crippen LogP contribution in [-0.4, -0.2) is 29.6 Å². The van der Waals surface area contributed by atoms with Gasteiger partial charge in [0.1, 0.15) is 5.75 Å². The molecule has 2 nitrogen and oxygen atoms in total. The van der Waals surface area contributed by atoms with E-state index in [9.17, 15) is 5.11 Å². The van der Waals surface area contributed by atoms with Gasteiger partial charge in [0, 0.05) is 18.5 Å². The van der Waals surface area contributed by atoms with Crippen LogP contribution in [0.1, 0.15) is 49.3 Å². The molecule has 1 N–H and O–H groups in total. The van der Waals surface area contributed by atoms with Gasteiger partial charge in [0.25, 0.3) is 0 Å². The summed E-state index contributed by atoms with van der Waals surface area (Å²) in [5.74, 6) is 1.16. The molecule has 1 aliphatic heterocycles. The predicted octanol–water partition coefficient (Wildman–Crippen LogP) is 4.94. The second-order valence-corrected chi connectivity index (χ2v) is 8.27. The van der Waals surface area contributed by atoms with Gasteiger partial charge < -0.3 is 10.0 Å². The number of aryl methyl sites for hydroxylation is 1. The predicted molar refractivity (Wildman–Crippen MR) is 108 cm³/mol. The van der Waals surface area contributed by atoms with Gasteiger partial charge in [-0.25, -0.2) is 0 Å². The zero-order valence-corrected chi connectivity index (χ0v) is 16.0. The van der Waals surface area contributed by atoms with Gasteiger partial charge in [0.2, 0.25) is 0 Å². The highest BCUT2D eigenvalue weighted by Crippen LogP contribution is 2.50. The van der Waals surface area contributed by atoms with E-state index in [1.165, 1.54) is 55.5 Å². The molecule has 0 amide bonds. The van der Waals surface area contributed by atoms with Crippen LogP contribution in [0.25, 0.3) is 0 Å². The number of likely N-dealkylation sites (tertiary alicyclic amines) is 1. The minimum Gasteiger partial charge on any atom is -0.508 e. The van der Waals surface area contributed by atoms with Crippen molar-refractivity contribution in [1.82, 2.24) is 4.90 Å². The van der Waals surface area contributed by atoms with E-state index >= 15 is 0 Å². The van der Waals surface area contributed by atoms with Crippen molar-refractivity contribution in [3.63, 3.8) is 0 Å². The van der Waals surface area contributed by atoms with E-state index in [2.05, 4.69) is 54.3 Å². The Morgan fingerprint density at radius 2 is 2.00 bits per heavy atom. The van der Waals surface area contributed by atoms with Crippen LogP contribution in [0.2, 0.25) is 0 Å². The Morgan fingerprint density at radius 3 is 2.81 bits per heavy atom. The highest BCUT2D eigenvalue weighted by atomic mass is 16.3. The van der Waals surface area contributed by atoms with Crippen LogP contribution in [0, 0.1) is 5.92 Å². The number of piperidine rings is 1. The van der Waals surface area contributed by atoms with Gasteiger partial charge in [0.05, 0.1) is 0 Å². The van der Waals surface area contributed by atoms with E-state index in [-0.39, 0.29) is 5.41 Å². The van der Waals surface area contributed by atoms with Crippen molar-refractivity contribution in [2.45, 2.75) is 50.9 Å². The van der Waals surface area contributed by atoms with E-state index < -0.39 is 0 Å². The summed E-state index contributed by atoms with van der Waals surface area (Å²) in [6, 6.07) is 17.0. The number of hydrogen-bond acceptors (Lipinski definition) is 2. The summed E-state index contributed by atoms with van der Waals surface area (Å²) in [4.78, 5) is 2.68. The normalized spacial score (nSPS) is 25.5. The van der Waals surface area contributed by atoms with Crippen LogP contribution in [0.5, 0.6) is 5.75 Å². The molecular formula is C24H31NO. The minimum absolute atomic E-state index is 0.282. The van der Waals surface area contributed by atoms with Crippen LogP contribution in [-0.2, 0) is 18.3 Å². The Balaban J connectivity index is 1.52. The molecule has 0 radical (unpaired) electrons. The monoisotopic (exact) mass is 349 g/mol. The molecule has 4 rings (SSSR count). The van der Waals surface area contributed by atoms with Crippen molar-refractivity contribution in [3.8, 4) is 5.75 Å². The zero-order chi connectivity index (χ0) is 18.0. The first kappa shape index (κ1) is 17.6. The van der Waals surface area contributed by atoms with Gasteiger partial charge >= 0.3 is 0 Å². The van der Waals surface area contributed by atoms with E-state index in [1.54, 1.807) is 0 Å². The van der Waals surface area contributed by atoms with Crippen molar-refractivity contribution in [3.05, 3.63) is 65.2 Å². The number of fused-ring (bicyclic) bond motifs is 3. The van der Waals surface area contributed by atoms with Crippen molar-refractivity contribution < 1.29 is 5.11 Å². The molecule has 1 fully saturated rings. The molecule has 26 heavy (non-hydrogen) atoms. The summed E-state index contributed by atoms with van der Waals surface area (Å²) in [5.41, 5.74) is 4.66. The van der Waals surface area contributed by atoms with Gasteiger partial charge in [0.15, 0.2) is 0 Å². The maximum absolute atomic E-state index is 10.1. The lowest BCUT2D eigenvalue weighted by Gasteiger charge is -2.52. The van der Waals surface area contributed by atoms with E-state index in [0.29, 0.717) is 5.75 Å². The standard InChI is InChI=1S/C24H31NO/c1-2-13-24-14-16-25(15-12-19-6-4-3-5-7-19)18-21(24)10-8-20-9-11-22(26)17-23(20)24/h3-7,9,11,17,21,26H,2,8,10,12-16,18H2,1H3/t21-,24+/m0/s1. The molecule has 0 bridgehead atoms. The topological polar surface area (TPSA) is 23.5 Å². The van der Waals surface area contributed by atoms with Crippen molar-refractivity contribution in [2.24, 2.45) is 5.92 Å². The second kappa shape index (κ2) is 7.44. The van der Waals surface area contributed by atoms with E-state index in [0.717, 1.165) is 25.3 Å². The SMILES string of the molecule is CCC[C@@]12CCN(CCc3ccccc3)C[C@@H]1CCc1ccc(O)cc12. The van der Waals surface area contributed by atoms with Crippen LogP contribution in [0.4, 0.5) is 0 Å². The van der Waals surface area contributed by atoms with Crippen LogP contribution < -0.4 is 0 Å². The fourth-order valence-corrected chi connectivity index (χ4v) is 5.48. The van der Waals surface area contributed by atoms with Gasteiger partial charge in [-0.2, -0.15) is 0 Å². The molecule has 2 aromatic carbocycles. The third kappa shape index (κ3) is 3.27. The van der Waals surface area contributed by atoms with E-state index in [1.807, 2.05) is 6.07 Å². The highest BCUT2D eigenvalue weighted by Gasteiger charge is 2.46. The first-order valence-corrected chi connectivity index (χ1v) is 10.3. The maximum atomic E-state index is 10.1. The fourth-order valence-electron chi connectivity index (χ4n) is 5.48. The van der Waals surface area contributed by atoms with Gasteiger partial charge in [-0.05, 0) is 73.4 Å². The maximum Gasteiger partial charge on any atom is 0.115 e. The summed E-state index contributed by atoms with van der Waals surface area (Å²) in [6.07, 6.45) is 7.30. The number of hydrogen-bond donors (Lipinski definition) is 1. The second-order valence-electron chi connectivity index (χ2n) is 8.27. The number of phenols is 1. The molecule has 2 atom stereocenters. The average Bonchev–Trinajstić information content (AvgIpc) is 2.67. The van der Waals surface area contributed by atoms with Crippen molar-refractivity contribution in [2.75, 3.05) is 19.6 Å². The summed E-state index contributed by atoms with van der Waals surface area (Å²) in [5, 5.41) is 10.1. The first-order valence-electron chi connectivity index (χ1n) is 10.3. The number of aromatic hydroxyl groups is 1. The summed E-state index contributed by atoms with van der Waals surface area (Å²) in [7, 11) is 0. The largest absolute Gasteiger partial charge is 0.508 e. The molecule has 2 aromatic rings. The van der Waals surface area contributed by atoms with Gasteiger partial charge in [-0.3, -0.25) is 0 Å². The van der Waals surface area contributed by atoms with Crippen molar-refractivity contribution in [1.29, 1.82) is 0 Å². The van der Waals surface area contributed by atoms with E-state index in [4.69, 9.17) is 0 Å². The van der Waals surface area contributed by atoms with Crippen molar-refractivity contribution >= 4 is 0 Å².